The Morgan fingerprint density at radius 2 is 1.74 bits per heavy atom. The van der Waals surface area contributed by atoms with Crippen molar-refractivity contribution in [3.05, 3.63) is 72.1 Å². The van der Waals surface area contributed by atoms with Gasteiger partial charge in [-0.15, -0.1) is 0 Å². The summed E-state index contributed by atoms with van der Waals surface area (Å²) in [7, 11) is 3.28. The molecule has 7 heteroatoms. The second-order valence-corrected chi connectivity index (χ2v) is 7.30. The van der Waals surface area contributed by atoms with Crippen molar-refractivity contribution in [3.8, 4) is 17.2 Å². The van der Waals surface area contributed by atoms with Gasteiger partial charge in [-0.25, -0.2) is 5.43 Å². The van der Waals surface area contributed by atoms with Gasteiger partial charge in [-0.05, 0) is 49.2 Å². The summed E-state index contributed by atoms with van der Waals surface area (Å²) in [6, 6.07) is 15.1. The molecule has 4 rings (SSSR count). The van der Waals surface area contributed by atoms with Gasteiger partial charge < -0.3 is 18.9 Å². The summed E-state index contributed by atoms with van der Waals surface area (Å²) in [6.07, 6.45) is 7.78. The van der Waals surface area contributed by atoms with Crippen molar-refractivity contribution >= 4 is 17.8 Å². The molecule has 7 nitrogen and oxygen atoms in total. The van der Waals surface area contributed by atoms with Crippen LogP contribution in [0.2, 0.25) is 0 Å². The molecule has 0 unspecified atom stereocenters. The summed E-state index contributed by atoms with van der Waals surface area (Å²) in [4.78, 5) is 14.9. The zero-order chi connectivity index (χ0) is 21.6. The molecule has 0 spiro atoms. The third kappa shape index (κ3) is 4.55. The summed E-state index contributed by atoms with van der Waals surface area (Å²) in [6.45, 7) is 2.01. The van der Waals surface area contributed by atoms with E-state index >= 15 is 0 Å². The second-order valence-electron chi connectivity index (χ2n) is 7.30. The zero-order valence-electron chi connectivity index (χ0n) is 17.7. The molecule has 1 fully saturated rings. The third-order valence-corrected chi connectivity index (χ3v) is 5.36. The second kappa shape index (κ2) is 9.38. The Morgan fingerprint density at radius 1 is 1.00 bits per heavy atom. The van der Waals surface area contributed by atoms with Crippen molar-refractivity contribution in [2.24, 2.45) is 5.10 Å². The summed E-state index contributed by atoms with van der Waals surface area (Å²) in [5.41, 5.74) is 5.77. The number of carbonyl (C=O) groups is 1. The van der Waals surface area contributed by atoms with E-state index in [1.165, 1.54) is 12.8 Å². The molecule has 2 aromatic carbocycles. The largest absolute Gasteiger partial charge is 0.496 e. The van der Waals surface area contributed by atoms with Gasteiger partial charge in [-0.3, -0.25) is 4.79 Å². The van der Waals surface area contributed by atoms with E-state index in [0.29, 0.717) is 11.3 Å². The molecular weight excluding hydrogens is 392 g/mol. The molecule has 0 bridgehead atoms. The van der Waals surface area contributed by atoms with E-state index in [0.717, 1.165) is 35.8 Å². The molecule has 1 aromatic heterocycles. The Kier molecular flexibility index (Phi) is 6.21. The summed E-state index contributed by atoms with van der Waals surface area (Å²) in [5.74, 6) is 1.15. The molecule has 1 amide bonds. The molecule has 1 N–H and O–H groups in total. The fourth-order valence-electron chi connectivity index (χ4n) is 3.75. The van der Waals surface area contributed by atoms with Crippen LogP contribution in [0.5, 0.6) is 11.5 Å². The van der Waals surface area contributed by atoms with Crippen LogP contribution in [0.1, 0.15) is 28.8 Å². The average molecular weight is 418 g/mol. The molecule has 0 radical (unpaired) electrons. The molecule has 160 valence electrons. The van der Waals surface area contributed by atoms with Crippen LogP contribution in [-0.4, -0.2) is 44.0 Å². The normalized spacial score (nSPS) is 13.5. The first-order valence-corrected chi connectivity index (χ1v) is 10.3. The van der Waals surface area contributed by atoms with Crippen LogP contribution in [0.15, 0.2) is 66.0 Å². The minimum absolute atomic E-state index is 0.287. The molecule has 1 aliphatic rings. The van der Waals surface area contributed by atoms with Crippen molar-refractivity contribution in [2.75, 3.05) is 32.2 Å². The Morgan fingerprint density at radius 3 is 2.45 bits per heavy atom. The minimum atomic E-state index is -0.287. The number of carbonyl (C=O) groups excluding carboxylic acids is 1. The number of hydrazone groups is 1. The van der Waals surface area contributed by atoms with Crippen molar-refractivity contribution in [1.29, 1.82) is 0 Å². The molecule has 31 heavy (non-hydrogen) atoms. The number of ether oxygens (including phenoxy) is 2. The molecule has 0 atom stereocenters. The van der Waals surface area contributed by atoms with Crippen molar-refractivity contribution in [2.45, 2.75) is 12.8 Å². The van der Waals surface area contributed by atoms with Crippen LogP contribution >= 0.6 is 0 Å². The average Bonchev–Trinajstić information content (AvgIpc) is 3.53. The first-order valence-electron chi connectivity index (χ1n) is 10.3. The Hall–Kier alpha value is -3.74. The van der Waals surface area contributed by atoms with Crippen molar-refractivity contribution in [1.82, 2.24) is 9.99 Å². The Labute approximate surface area is 181 Å². The van der Waals surface area contributed by atoms with Gasteiger partial charge in [0.1, 0.15) is 11.5 Å². The lowest BCUT2D eigenvalue weighted by Gasteiger charge is -2.22. The van der Waals surface area contributed by atoms with Crippen LogP contribution in [0.3, 0.4) is 0 Å². The number of rotatable bonds is 7. The molecule has 3 aromatic rings. The smallest absolute Gasteiger partial charge is 0.271 e. The van der Waals surface area contributed by atoms with Crippen molar-refractivity contribution in [3.63, 3.8) is 0 Å². The predicted molar refractivity (Wildman–Crippen MR) is 122 cm³/mol. The van der Waals surface area contributed by atoms with E-state index in [4.69, 9.17) is 9.47 Å². The maximum Gasteiger partial charge on any atom is 0.271 e. The van der Waals surface area contributed by atoms with Gasteiger partial charge in [-0.2, -0.15) is 5.10 Å². The van der Waals surface area contributed by atoms with Gasteiger partial charge in [-0.1, -0.05) is 6.07 Å². The van der Waals surface area contributed by atoms with Crippen LogP contribution < -0.4 is 19.8 Å². The summed E-state index contributed by atoms with van der Waals surface area (Å²) >= 11 is 0. The monoisotopic (exact) mass is 418 g/mol. The topological polar surface area (TPSA) is 68.1 Å². The number of nitrogens with zero attached hydrogens (tertiary/aromatic N) is 3. The van der Waals surface area contributed by atoms with Gasteiger partial charge in [0.05, 0.1) is 26.1 Å². The van der Waals surface area contributed by atoms with Crippen LogP contribution in [-0.2, 0) is 0 Å². The number of aromatic nitrogens is 1. The molecule has 1 aliphatic heterocycles. The van der Waals surface area contributed by atoms with Gasteiger partial charge in [0.15, 0.2) is 0 Å². The van der Waals surface area contributed by atoms with E-state index in [1.54, 1.807) is 26.5 Å². The predicted octanol–water partition coefficient (Wildman–Crippen LogP) is 3.86. The quantitative estimate of drug-likeness (QED) is 0.467. The summed E-state index contributed by atoms with van der Waals surface area (Å²) in [5, 5.41) is 4.14. The fourth-order valence-corrected chi connectivity index (χ4v) is 3.75. The SMILES string of the molecule is COc1cc(N2CCCC2)c(OC)cc1/C=N/NC(=O)c1cccc(-n2cccc2)c1. The Bertz CT molecular complexity index is 1070. The van der Waals surface area contributed by atoms with Crippen LogP contribution in [0, 0.1) is 0 Å². The highest BCUT2D eigenvalue weighted by Gasteiger charge is 2.19. The maximum atomic E-state index is 12.6. The Balaban J connectivity index is 1.50. The first kappa shape index (κ1) is 20.5. The molecular formula is C24H26N4O3. The van der Waals surface area contributed by atoms with Gasteiger partial charge in [0.2, 0.25) is 0 Å². The highest BCUT2D eigenvalue weighted by atomic mass is 16.5. The number of anilines is 1. The van der Waals surface area contributed by atoms with Gasteiger partial charge in [0.25, 0.3) is 5.91 Å². The molecule has 1 saturated heterocycles. The standard InChI is InChI=1S/C24H26N4O3/c1-30-22-16-21(28-12-5-6-13-28)23(31-2)15-19(22)17-25-26-24(29)18-8-7-9-20(14-18)27-10-3-4-11-27/h3-4,7-11,14-17H,5-6,12-13H2,1-2H3,(H,26,29)/b25-17+. The highest BCUT2D eigenvalue weighted by molar-refractivity contribution is 5.95. The maximum absolute atomic E-state index is 12.6. The molecule has 0 aliphatic carbocycles. The van der Waals surface area contributed by atoms with Crippen LogP contribution in [0.25, 0.3) is 5.69 Å². The van der Waals surface area contributed by atoms with E-state index < -0.39 is 0 Å². The van der Waals surface area contributed by atoms with Crippen molar-refractivity contribution < 1.29 is 14.3 Å². The number of hydrogen-bond acceptors (Lipinski definition) is 5. The lowest BCUT2D eigenvalue weighted by Crippen LogP contribution is -2.19. The molecule has 2 heterocycles. The molecule has 0 saturated carbocycles. The highest BCUT2D eigenvalue weighted by Crippen LogP contribution is 2.36. The number of benzene rings is 2. The van der Waals surface area contributed by atoms with Gasteiger partial charge in [0, 0.05) is 48.4 Å². The number of hydrogen-bond donors (Lipinski definition) is 1. The summed E-state index contributed by atoms with van der Waals surface area (Å²) < 4.78 is 13.1. The first-order chi connectivity index (χ1) is 15.2. The lowest BCUT2D eigenvalue weighted by molar-refractivity contribution is 0.0955. The number of nitrogens with one attached hydrogen (secondary N) is 1. The number of amides is 1. The van der Waals surface area contributed by atoms with E-state index in [1.807, 2.05) is 59.4 Å². The van der Waals surface area contributed by atoms with E-state index in [2.05, 4.69) is 15.4 Å². The number of methoxy groups -OCH3 is 2. The van der Waals surface area contributed by atoms with Gasteiger partial charge >= 0.3 is 0 Å². The lowest BCUT2D eigenvalue weighted by atomic mass is 10.1. The fraction of sp³-hybridized carbons (Fsp3) is 0.250. The van der Waals surface area contributed by atoms with E-state index in [9.17, 15) is 4.79 Å². The third-order valence-electron chi connectivity index (χ3n) is 5.36. The minimum Gasteiger partial charge on any atom is -0.496 e. The van der Waals surface area contributed by atoms with E-state index in [-0.39, 0.29) is 5.91 Å². The zero-order valence-corrected chi connectivity index (χ0v) is 17.7. The van der Waals surface area contributed by atoms with Crippen LogP contribution in [0.4, 0.5) is 5.69 Å².